The first-order valence-electron chi connectivity index (χ1n) is 5.09. The summed E-state index contributed by atoms with van der Waals surface area (Å²) in [5.74, 6) is -0.588. The van der Waals surface area contributed by atoms with Gasteiger partial charge in [0.2, 0.25) is 0 Å². The zero-order chi connectivity index (χ0) is 11.5. The molecule has 0 heterocycles. The number of carboxylic acid groups (broad SMARTS) is 1. The van der Waals surface area contributed by atoms with Gasteiger partial charge in [-0.3, -0.25) is 10.1 Å². The Kier molecular flexibility index (Phi) is 3.31. The van der Waals surface area contributed by atoms with E-state index in [1.54, 1.807) is 0 Å². The highest BCUT2D eigenvalue weighted by molar-refractivity contribution is 7.80. The van der Waals surface area contributed by atoms with Crippen molar-refractivity contribution in [3.63, 3.8) is 0 Å². The van der Waals surface area contributed by atoms with Gasteiger partial charge in [0.25, 0.3) is 0 Å². The summed E-state index contributed by atoms with van der Waals surface area (Å²) in [5.41, 5.74) is 2.26. The van der Waals surface area contributed by atoms with Gasteiger partial charge >= 0.3 is 5.97 Å². The number of benzene rings is 1. The summed E-state index contributed by atoms with van der Waals surface area (Å²) in [6, 6.07) is 7.30. The molecule has 0 amide bonds. The molecule has 0 aliphatic heterocycles. The van der Waals surface area contributed by atoms with E-state index >= 15 is 0 Å². The maximum atomic E-state index is 10.9. The molecule has 0 radical (unpaired) electrons. The molecule has 16 heavy (non-hydrogen) atoms. The van der Waals surface area contributed by atoms with Crippen LogP contribution in [0.5, 0.6) is 0 Å². The molecular weight excluding hydrogens is 222 g/mol. The van der Waals surface area contributed by atoms with Crippen molar-refractivity contribution in [1.82, 2.24) is 5.32 Å². The zero-order valence-corrected chi connectivity index (χ0v) is 9.52. The van der Waals surface area contributed by atoms with Crippen LogP contribution in [0.1, 0.15) is 17.2 Å². The number of carbonyl (C=O) groups is 1. The van der Waals surface area contributed by atoms with Crippen LogP contribution in [-0.4, -0.2) is 22.9 Å². The maximum Gasteiger partial charge on any atom is 0.321 e. The Morgan fingerprint density at radius 2 is 2.25 bits per heavy atom. The Labute approximate surface area is 99.6 Å². The number of hydrogen-bond donors (Lipinski definition) is 3. The molecule has 0 bridgehead atoms. The van der Waals surface area contributed by atoms with Gasteiger partial charge in [0.1, 0.15) is 6.04 Å². The van der Waals surface area contributed by atoms with Crippen molar-refractivity contribution < 1.29 is 9.90 Å². The molecule has 1 unspecified atom stereocenters. The number of aliphatic carboxylic acids is 1. The predicted octanol–water partition coefficient (Wildman–Crippen LogP) is 1.73. The van der Waals surface area contributed by atoms with Gasteiger partial charge in [-0.25, -0.2) is 0 Å². The van der Waals surface area contributed by atoms with Gasteiger partial charge in [0, 0.05) is 5.75 Å². The first-order chi connectivity index (χ1) is 7.72. The molecule has 0 fully saturated rings. The predicted molar refractivity (Wildman–Crippen MR) is 66.6 cm³/mol. The molecular formula is C12H13NO2S. The zero-order valence-electron chi connectivity index (χ0n) is 8.63. The van der Waals surface area contributed by atoms with Gasteiger partial charge in [-0.1, -0.05) is 36.4 Å². The number of nitrogens with one attached hydrogen (secondary N) is 1. The topological polar surface area (TPSA) is 49.3 Å². The van der Waals surface area contributed by atoms with Crippen LogP contribution in [0.15, 0.2) is 30.3 Å². The SMILES string of the molecule is O=C(O)[C@H](CS)NC1C=Cc2ccccc21. The summed E-state index contributed by atoms with van der Waals surface area (Å²) < 4.78 is 0. The van der Waals surface area contributed by atoms with E-state index < -0.39 is 12.0 Å². The van der Waals surface area contributed by atoms with Crippen LogP contribution in [0.2, 0.25) is 0 Å². The third-order valence-corrected chi connectivity index (χ3v) is 3.03. The van der Waals surface area contributed by atoms with E-state index in [2.05, 4.69) is 17.9 Å². The van der Waals surface area contributed by atoms with Crippen molar-refractivity contribution in [2.24, 2.45) is 0 Å². The first-order valence-corrected chi connectivity index (χ1v) is 5.72. The van der Waals surface area contributed by atoms with Crippen LogP contribution < -0.4 is 5.32 Å². The summed E-state index contributed by atoms with van der Waals surface area (Å²) >= 11 is 4.03. The molecule has 2 atom stereocenters. The fourth-order valence-corrected chi connectivity index (χ4v) is 2.08. The molecule has 1 aromatic carbocycles. The van der Waals surface area contributed by atoms with Crippen molar-refractivity contribution in [1.29, 1.82) is 0 Å². The monoisotopic (exact) mass is 235 g/mol. The van der Waals surface area contributed by atoms with Gasteiger partial charge in [0.05, 0.1) is 6.04 Å². The van der Waals surface area contributed by atoms with Crippen molar-refractivity contribution in [3.8, 4) is 0 Å². The molecule has 2 rings (SSSR count). The fourth-order valence-electron chi connectivity index (χ4n) is 1.81. The lowest BCUT2D eigenvalue weighted by molar-refractivity contribution is -0.138. The molecule has 1 aromatic rings. The minimum Gasteiger partial charge on any atom is -0.480 e. The standard InChI is InChI=1S/C12H13NO2S/c14-12(15)11(7-16)13-10-6-5-8-3-1-2-4-9(8)10/h1-6,10-11,13,16H,7H2,(H,14,15)/t10?,11-/m0/s1. The van der Waals surface area contributed by atoms with Crippen LogP contribution in [0.4, 0.5) is 0 Å². The number of carboxylic acids is 1. The van der Waals surface area contributed by atoms with Crippen LogP contribution in [-0.2, 0) is 4.79 Å². The first kappa shape index (κ1) is 11.2. The Morgan fingerprint density at radius 1 is 1.50 bits per heavy atom. The second-order valence-electron chi connectivity index (χ2n) is 3.71. The lowest BCUT2D eigenvalue weighted by Crippen LogP contribution is -2.39. The Morgan fingerprint density at radius 3 is 2.94 bits per heavy atom. The number of fused-ring (bicyclic) bond motifs is 1. The van der Waals surface area contributed by atoms with Crippen molar-refractivity contribution >= 4 is 24.7 Å². The molecule has 2 N–H and O–H groups in total. The molecule has 1 aliphatic carbocycles. The smallest absolute Gasteiger partial charge is 0.321 e. The van der Waals surface area contributed by atoms with E-state index in [-0.39, 0.29) is 11.8 Å². The highest BCUT2D eigenvalue weighted by atomic mass is 32.1. The highest BCUT2D eigenvalue weighted by Gasteiger charge is 2.23. The molecule has 0 saturated heterocycles. The summed E-state index contributed by atoms with van der Waals surface area (Å²) in [6.07, 6.45) is 3.98. The summed E-state index contributed by atoms with van der Waals surface area (Å²) in [7, 11) is 0. The maximum absolute atomic E-state index is 10.9. The summed E-state index contributed by atoms with van der Waals surface area (Å²) in [4.78, 5) is 10.9. The molecule has 0 aromatic heterocycles. The molecule has 1 aliphatic rings. The fraction of sp³-hybridized carbons (Fsp3) is 0.250. The highest BCUT2D eigenvalue weighted by Crippen LogP contribution is 2.27. The van der Waals surface area contributed by atoms with Gasteiger partial charge in [-0.2, -0.15) is 12.6 Å². The molecule has 0 saturated carbocycles. The van der Waals surface area contributed by atoms with E-state index in [0.717, 1.165) is 11.1 Å². The van der Waals surface area contributed by atoms with Crippen molar-refractivity contribution in [2.45, 2.75) is 12.1 Å². The Hall–Kier alpha value is -1.26. The van der Waals surface area contributed by atoms with Gasteiger partial charge in [-0.05, 0) is 11.1 Å². The van der Waals surface area contributed by atoms with Crippen LogP contribution in [0.25, 0.3) is 6.08 Å². The third kappa shape index (κ3) is 2.13. The summed E-state index contributed by atoms with van der Waals surface area (Å²) in [5, 5.41) is 12.0. The lowest BCUT2D eigenvalue weighted by Gasteiger charge is -2.18. The van der Waals surface area contributed by atoms with Crippen molar-refractivity contribution in [3.05, 3.63) is 41.5 Å². The molecule has 3 nitrogen and oxygen atoms in total. The van der Waals surface area contributed by atoms with E-state index in [4.69, 9.17) is 5.11 Å². The minimum atomic E-state index is -0.868. The van der Waals surface area contributed by atoms with Crippen LogP contribution in [0.3, 0.4) is 0 Å². The average molecular weight is 235 g/mol. The quantitative estimate of drug-likeness (QED) is 0.697. The van der Waals surface area contributed by atoms with E-state index in [0.29, 0.717) is 0 Å². The number of hydrogen-bond acceptors (Lipinski definition) is 3. The van der Waals surface area contributed by atoms with E-state index in [9.17, 15) is 4.79 Å². The molecule has 0 spiro atoms. The normalized spacial score (nSPS) is 19.4. The van der Waals surface area contributed by atoms with E-state index in [1.807, 2.05) is 36.4 Å². The third-order valence-electron chi connectivity index (χ3n) is 2.66. The van der Waals surface area contributed by atoms with Crippen LogP contribution in [0, 0.1) is 0 Å². The second kappa shape index (κ2) is 4.72. The Balaban J connectivity index is 2.14. The summed E-state index contributed by atoms with van der Waals surface area (Å²) in [6.45, 7) is 0. The number of rotatable bonds is 4. The van der Waals surface area contributed by atoms with E-state index in [1.165, 1.54) is 0 Å². The number of thiol groups is 1. The minimum absolute atomic E-state index is 0.0237. The van der Waals surface area contributed by atoms with Crippen LogP contribution >= 0.6 is 12.6 Å². The van der Waals surface area contributed by atoms with Gasteiger partial charge < -0.3 is 5.11 Å². The lowest BCUT2D eigenvalue weighted by atomic mass is 10.1. The molecule has 4 heteroatoms. The van der Waals surface area contributed by atoms with Gasteiger partial charge in [0.15, 0.2) is 0 Å². The largest absolute Gasteiger partial charge is 0.480 e. The van der Waals surface area contributed by atoms with Crippen molar-refractivity contribution in [2.75, 3.05) is 5.75 Å². The Bertz CT molecular complexity index is 431. The van der Waals surface area contributed by atoms with Gasteiger partial charge in [-0.15, -0.1) is 0 Å². The second-order valence-corrected chi connectivity index (χ2v) is 4.07. The average Bonchev–Trinajstić information content (AvgIpc) is 2.69. The molecule has 84 valence electrons.